The lowest BCUT2D eigenvalue weighted by Crippen LogP contribution is -2.19. The maximum atomic E-state index is 9.25. The van der Waals surface area contributed by atoms with Crippen LogP contribution in [0.15, 0.2) is 28.7 Å². The smallest absolute Gasteiger partial charge is 0.0662 e. The van der Waals surface area contributed by atoms with Gasteiger partial charge in [0.2, 0.25) is 0 Å². The molecule has 0 spiro atoms. The zero-order chi connectivity index (χ0) is 10.4. The van der Waals surface area contributed by atoms with Crippen molar-refractivity contribution in [1.29, 1.82) is 0 Å². The Morgan fingerprint density at radius 3 is 2.50 bits per heavy atom. The SMILES string of the molecule is NCC(O)CCCc1ccc(Br)cc1. The van der Waals surface area contributed by atoms with E-state index in [-0.39, 0.29) is 6.10 Å². The van der Waals surface area contributed by atoms with E-state index in [1.54, 1.807) is 0 Å². The molecule has 0 radical (unpaired) electrons. The van der Waals surface area contributed by atoms with Crippen LogP contribution in [0.2, 0.25) is 0 Å². The van der Waals surface area contributed by atoms with Gasteiger partial charge in [0.25, 0.3) is 0 Å². The molecule has 0 heterocycles. The maximum Gasteiger partial charge on any atom is 0.0662 e. The van der Waals surface area contributed by atoms with Crippen LogP contribution >= 0.6 is 15.9 Å². The number of halogens is 1. The molecule has 0 aromatic heterocycles. The summed E-state index contributed by atoms with van der Waals surface area (Å²) in [7, 11) is 0. The lowest BCUT2D eigenvalue weighted by molar-refractivity contribution is 0.170. The molecule has 0 saturated heterocycles. The minimum atomic E-state index is -0.342. The monoisotopic (exact) mass is 257 g/mol. The van der Waals surface area contributed by atoms with Gasteiger partial charge < -0.3 is 10.8 Å². The zero-order valence-corrected chi connectivity index (χ0v) is 9.70. The van der Waals surface area contributed by atoms with Crippen molar-refractivity contribution in [3.8, 4) is 0 Å². The van der Waals surface area contributed by atoms with Gasteiger partial charge in [0, 0.05) is 11.0 Å². The fourth-order valence-corrected chi connectivity index (χ4v) is 1.58. The highest BCUT2D eigenvalue weighted by Crippen LogP contribution is 2.12. The van der Waals surface area contributed by atoms with E-state index in [1.165, 1.54) is 5.56 Å². The van der Waals surface area contributed by atoms with Crippen molar-refractivity contribution < 1.29 is 5.11 Å². The number of hydrogen-bond donors (Lipinski definition) is 2. The van der Waals surface area contributed by atoms with Crippen LogP contribution in [0.4, 0.5) is 0 Å². The van der Waals surface area contributed by atoms with Gasteiger partial charge in [-0.15, -0.1) is 0 Å². The highest BCUT2D eigenvalue weighted by Gasteiger charge is 2.00. The highest BCUT2D eigenvalue weighted by molar-refractivity contribution is 9.10. The molecule has 0 amide bonds. The first kappa shape index (κ1) is 11.7. The van der Waals surface area contributed by atoms with Gasteiger partial charge in [0.1, 0.15) is 0 Å². The Morgan fingerprint density at radius 2 is 1.93 bits per heavy atom. The molecule has 1 aromatic carbocycles. The average Bonchev–Trinajstić information content (AvgIpc) is 2.21. The molecule has 3 heteroatoms. The van der Waals surface area contributed by atoms with Gasteiger partial charge in [-0.2, -0.15) is 0 Å². The summed E-state index contributed by atoms with van der Waals surface area (Å²) in [5, 5.41) is 9.25. The molecule has 14 heavy (non-hydrogen) atoms. The van der Waals surface area contributed by atoms with Crippen molar-refractivity contribution in [3.63, 3.8) is 0 Å². The van der Waals surface area contributed by atoms with Crippen LogP contribution in [0.25, 0.3) is 0 Å². The van der Waals surface area contributed by atoms with E-state index in [4.69, 9.17) is 5.73 Å². The summed E-state index contributed by atoms with van der Waals surface area (Å²) in [4.78, 5) is 0. The second-order valence-electron chi connectivity index (χ2n) is 3.41. The van der Waals surface area contributed by atoms with Crippen molar-refractivity contribution in [1.82, 2.24) is 0 Å². The molecule has 0 saturated carbocycles. The van der Waals surface area contributed by atoms with Gasteiger partial charge in [-0.1, -0.05) is 28.1 Å². The first-order valence-corrected chi connectivity index (χ1v) is 5.64. The van der Waals surface area contributed by atoms with Crippen LogP contribution in [0.3, 0.4) is 0 Å². The van der Waals surface area contributed by atoms with Crippen molar-refractivity contribution in [2.45, 2.75) is 25.4 Å². The predicted molar refractivity (Wildman–Crippen MR) is 62.1 cm³/mol. The molecule has 0 aliphatic rings. The molecule has 0 fully saturated rings. The van der Waals surface area contributed by atoms with Crippen LogP contribution in [0, 0.1) is 0 Å². The van der Waals surface area contributed by atoms with Gasteiger partial charge in [-0.3, -0.25) is 0 Å². The molecule has 1 atom stereocenters. The van der Waals surface area contributed by atoms with Crippen LogP contribution in [-0.2, 0) is 6.42 Å². The largest absolute Gasteiger partial charge is 0.392 e. The second kappa shape index (κ2) is 6.17. The quantitative estimate of drug-likeness (QED) is 0.849. The van der Waals surface area contributed by atoms with Crippen molar-refractivity contribution >= 4 is 15.9 Å². The number of aliphatic hydroxyl groups excluding tert-OH is 1. The first-order chi connectivity index (χ1) is 6.72. The summed E-state index contributed by atoms with van der Waals surface area (Å²) in [6.45, 7) is 0.361. The molecule has 0 bridgehead atoms. The molecule has 2 nitrogen and oxygen atoms in total. The predicted octanol–water partition coefficient (Wildman–Crippen LogP) is 2.09. The van der Waals surface area contributed by atoms with E-state index in [9.17, 15) is 5.11 Å². The van der Waals surface area contributed by atoms with E-state index >= 15 is 0 Å². The lowest BCUT2D eigenvalue weighted by Gasteiger charge is -2.06. The van der Waals surface area contributed by atoms with Crippen molar-refractivity contribution in [2.75, 3.05) is 6.54 Å². The Labute approximate surface area is 93.3 Å². The Bertz CT molecular complexity index is 260. The standard InChI is InChI=1S/C11H16BrNO/c12-10-6-4-9(5-7-10)2-1-3-11(14)8-13/h4-7,11,14H,1-3,8,13H2. The second-order valence-corrected chi connectivity index (χ2v) is 4.32. The number of rotatable bonds is 5. The van der Waals surface area contributed by atoms with E-state index in [0.29, 0.717) is 6.54 Å². The summed E-state index contributed by atoms with van der Waals surface area (Å²) in [6, 6.07) is 8.27. The first-order valence-electron chi connectivity index (χ1n) is 4.85. The molecule has 0 aliphatic carbocycles. The molecule has 3 N–H and O–H groups in total. The number of nitrogens with two attached hydrogens (primary N) is 1. The van der Waals surface area contributed by atoms with E-state index < -0.39 is 0 Å². The Balaban J connectivity index is 2.28. The fraction of sp³-hybridized carbons (Fsp3) is 0.455. The summed E-state index contributed by atoms with van der Waals surface area (Å²) in [5.74, 6) is 0. The van der Waals surface area contributed by atoms with Crippen LogP contribution in [-0.4, -0.2) is 17.8 Å². The molecule has 1 unspecified atom stereocenters. The lowest BCUT2D eigenvalue weighted by atomic mass is 10.1. The van der Waals surface area contributed by atoms with Gasteiger partial charge in [0.15, 0.2) is 0 Å². The topological polar surface area (TPSA) is 46.2 Å². The average molecular weight is 258 g/mol. The Morgan fingerprint density at radius 1 is 1.29 bits per heavy atom. The van der Waals surface area contributed by atoms with Gasteiger partial charge >= 0.3 is 0 Å². The molecule has 78 valence electrons. The van der Waals surface area contributed by atoms with Crippen LogP contribution in [0.5, 0.6) is 0 Å². The molecule has 1 aromatic rings. The maximum absolute atomic E-state index is 9.25. The van der Waals surface area contributed by atoms with E-state index in [0.717, 1.165) is 23.7 Å². The van der Waals surface area contributed by atoms with E-state index in [1.807, 2.05) is 12.1 Å². The third-order valence-electron chi connectivity index (χ3n) is 2.19. The van der Waals surface area contributed by atoms with Crippen molar-refractivity contribution in [2.24, 2.45) is 5.73 Å². The highest BCUT2D eigenvalue weighted by atomic mass is 79.9. The van der Waals surface area contributed by atoms with Crippen molar-refractivity contribution in [3.05, 3.63) is 34.3 Å². The van der Waals surface area contributed by atoms with Gasteiger partial charge in [-0.05, 0) is 37.0 Å². The van der Waals surface area contributed by atoms with E-state index in [2.05, 4.69) is 28.1 Å². The minimum absolute atomic E-state index is 0.342. The zero-order valence-electron chi connectivity index (χ0n) is 8.12. The van der Waals surface area contributed by atoms with Crippen LogP contribution < -0.4 is 5.73 Å². The number of aryl methyl sites for hydroxylation is 1. The minimum Gasteiger partial charge on any atom is -0.392 e. The molecule has 0 aliphatic heterocycles. The molecule has 1 rings (SSSR count). The Hall–Kier alpha value is -0.380. The number of benzene rings is 1. The summed E-state index contributed by atoms with van der Waals surface area (Å²) in [6.07, 6.45) is 2.43. The van der Waals surface area contributed by atoms with Gasteiger partial charge in [0.05, 0.1) is 6.10 Å². The van der Waals surface area contributed by atoms with Crippen LogP contribution in [0.1, 0.15) is 18.4 Å². The third kappa shape index (κ3) is 4.22. The third-order valence-corrected chi connectivity index (χ3v) is 2.72. The fourth-order valence-electron chi connectivity index (χ4n) is 1.31. The summed E-state index contributed by atoms with van der Waals surface area (Å²) in [5.41, 5.74) is 6.62. The summed E-state index contributed by atoms with van der Waals surface area (Å²) < 4.78 is 1.10. The number of hydrogen-bond acceptors (Lipinski definition) is 2. The molecular formula is C11H16BrNO. The summed E-state index contributed by atoms with van der Waals surface area (Å²) >= 11 is 3.39. The normalized spacial score (nSPS) is 12.8. The van der Waals surface area contributed by atoms with Gasteiger partial charge in [-0.25, -0.2) is 0 Å². The molecular weight excluding hydrogens is 242 g/mol. The Kier molecular flexibility index (Phi) is 5.15. The number of aliphatic hydroxyl groups is 1.